The van der Waals surface area contributed by atoms with Gasteiger partial charge in [-0.3, -0.25) is 4.79 Å². The Morgan fingerprint density at radius 1 is 1.05 bits per heavy atom. The first-order chi connectivity index (χ1) is 9.58. The van der Waals surface area contributed by atoms with Crippen molar-refractivity contribution in [2.75, 3.05) is 5.32 Å². The predicted molar refractivity (Wildman–Crippen MR) is 74.5 cm³/mol. The summed E-state index contributed by atoms with van der Waals surface area (Å²) in [6, 6.07) is 13.0. The number of rotatable bonds is 4. The summed E-state index contributed by atoms with van der Waals surface area (Å²) >= 11 is 0. The molecule has 1 amide bonds. The second-order valence-electron chi connectivity index (χ2n) is 4.66. The van der Waals surface area contributed by atoms with Gasteiger partial charge in [0.25, 0.3) is 0 Å². The van der Waals surface area contributed by atoms with E-state index in [0.29, 0.717) is 0 Å². The van der Waals surface area contributed by atoms with Crippen LogP contribution < -0.4 is 5.32 Å². The molecule has 2 aromatic rings. The highest BCUT2D eigenvalue weighted by atomic mass is 19.1. The lowest BCUT2D eigenvalue weighted by Gasteiger charge is -2.12. The van der Waals surface area contributed by atoms with E-state index in [1.807, 2.05) is 37.3 Å². The van der Waals surface area contributed by atoms with Gasteiger partial charge in [-0.2, -0.15) is 0 Å². The summed E-state index contributed by atoms with van der Waals surface area (Å²) in [4.78, 5) is 11.9. The molecule has 20 heavy (non-hydrogen) atoms. The Balaban J connectivity index is 2.03. The third-order valence-electron chi connectivity index (χ3n) is 3.09. The van der Waals surface area contributed by atoms with Crippen molar-refractivity contribution in [2.24, 2.45) is 0 Å². The Morgan fingerprint density at radius 3 is 2.25 bits per heavy atom. The van der Waals surface area contributed by atoms with Crippen LogP contribution in [-0.4, -0.2) is 5.91 Å². The summed E-state index contributed by atoms with van der Waals surface area (Å²) in [5.74, 6) is -1.98. The van der Waals surface area contributed by atoms with Crippen LogP contribution in [0.25, 0.3) is 0 Å². The zero-order valence-electron chi connectivity index (χ0n) is 11.1. The molecule has 0 aliphatic heterocycles. The van der Waals surface area contributed by atoms with Gasteiger partial charge in [0.15, 0.2) is 0 Å². The van der Waals surface area contributed by atoms with Gasteiger partial charge in [0.2, 0.25) is 5.91 Å². The van der Waals surface area contributed by atoms with Crippen molar-refractivity contribution < 1.29 is 13.6 Å². The van der Waals surface area contributed by atoms with E-state index in [1.165, 1.54) is 6.07 Å². The number of para-hydroxylation sites is 1. The molecule has 0 spiro atoms. The molecule has 2 rings (SSSR count). The first kappa shape index (κ1) is 14.2. The Hall–Kier alpha value is -2.23. The molecule has 0 aliphatic rings. The van der Waals surface area contributed by atoms with Crippen LogP contribution in [0, 0.1) is 11.6 Å². The van der Waals surface area contributed by atoms with Crippen molar-refractivity contribution in [2.45, 2.75) is 19.3 Å². The minimum Gasteiger partial charge on any atom is -0.321 e. The van der Waals surface area contributed by atoms with E-state index >= 15 is 0 Å². The molecule has 1 unspecified atom stereocenters. The second-order valence-corrected chi connectivity index (χ2v) is 4.66. The summed E-state index contributed by atoms with van der Waals surface area (Å²) in [5.41, 5.74) is 0.620. The molecule has 0 saturated heterocycles. The van der Waals surface area contributed by atoms with Gasteiger partial charge in [-0.15, -0.1) is 0 Å². The molecule has 1 N–H and O–H groups in total. The van der Waals surface area contributed by atoms with Crippen LogP contribution in [0.5, 0.6) is 0 Å². The number of benzene rings is 2. The molecule has 2 nitrogen and oxygen atoms in total. The maximum absolute atomic E-state index is 13.4. The number of hydrogen-bond acceptors (Lipinski definition) is 1. The average Bonchev–Trinajstić information content (AvgIpc) is 2.44. The zero-order chi connectivity index (χ0) is 14.5. The summed E-state index contributed by atoms with van der Waals surface area (Å²) in [6.45, 7) is 1.90. The molecule has 1 atom stereocenters. The topological polar surface area (TPSA) is 29.1 Å². The Kier molecular flexibility index (Phi) is 4.45. The van der Waals surface area contributed by atoms with Gasteiger partial charge in [0.1, 0.15) is 17.3 Å². The first-order valence-corrected chi connectivity index (χ1v) is 6.36. The number of amides is 1. The van der Waals surface area contributed by atoms with Crippen molar-refractivity contribution in [3.8, 4) is 0 Å². The van der Waals surface area contributed by atoms with Gasteiger partial charge >= 0.3 is 0 Å². The third-order valence-corrected chi connectivity index (χ3v) is 3.09. The lowest BCUT2D eigenvalue weighted by Crippen LogP contribution is -2.16. The molecule has 0 fully saturated rings. The minimum atomic E-state index is -0.772. The van der Waals surface area contributed by atoms with E-state index in [2.05, 4.69) is 5.32 Å². The van der Waals surface area contributed by atoms with Gasteiger partial charge in [-0.1, -0.05) is 43.3 Å². The van der Waals surface area contributed by atoms with Crippen LogP contribution in [0.2, 0.25) is 0 Å². The van der Waals surface area contributed by atoms with Crippen molar-refractivity contribution in [1.82, 2.24) is 0 Å². The summed E-state index contributed by atoms with van der Waals surface area (Å²) in [6.07, 6.45) is 0.164. The quantitative estimate of drug-likeness (QED) is 0.894. The lowest BCUT2D eigenvalue weighted by atomic mass is 9.97. The minimum absolute atomic E-state index is 0.0222. The molecule has 0 aliphatic carbocycles. The van der Waals surface area contributed by atoms with E-state index in [0.717, 1.165) is 17.7 Å². The number of carbonyl (C=O) groups excluding carboxylic acids is 1. The normalized spacial score (nSPS) is 11.9. The molecule has 0 saturated carbocycles. The fourth-order valence-corrected chi connectivity index (χ4v) is 1.99. The van der Waals surface area contributed by atoms with Crippen LogP contribution in [0.4, 0.5) is 14.5 Å². The largest absolute Gasteiger partial charge is 0.321 e. The highest BCUT2D eigenvalue weighted by Gasteiger charge is 2.15. The average molecular weight is 275 g/mol. The number of halogens is 2. The number of anilines is 1. The van der Waals surface area contributed by atoms with Crippen molar-refractivity contribution in [1.29, 1.82) is 0 Å². The number of hydrogen-bond donors (Lipinski definition) is 1. The number of carbonyl (C=O) groups is 1. The maximum atomic E-state index is 13.4. The SMILES string of the molecule is CC(CC(=O)Nc1c(F)cccc1F)c1ccccc1. The van der Waals surface area contributed by atoms with Crippen molar-refractivity contribution in [3.63, 3.8) is 0 Å². The molecular formula is C16H15F2NO. The summed E-state index contributed by atoms with van der Waals surface area (Å²) in [5, 5.41) is 2.29. The molecule has 0 heterocycles. The van der Waals surface area contributed by atoms with E-state index in [9.17, 15) is 13.6 Å². The van der Waals surface area contributed by atoms with Crippen LogP contribution in [0.15, 0.2) is 48.5 Å². The molecule has 0 aromatic heterocycles. The fraction of sp³-hybridized carbons (Fsp3) is 0.188. The van der Waals surface area contributed by atoms with Crippen LogP contribution in [0.1, 0.15) is 24.8 Å². The van der Waals surface area contributed by atoms with Gasteiger partial charge in [-0.05, 0) is 23.6 Å². The Labute approximate surface area is 116 Å². The van der Waals surface area contributed by atoms with Crippen LogP contribution in [0.3, 0.4) is 0 Å². The maximum Gasteiger partial charge on any atom is 0.225 e. The van der Waals surface area contributed by atoms with Gasteiger partial charge in [0, 0.05) is 6.42 Å². The smallest absolute Gasteiger partial charge is 0.225 e. The van der Waals surface area contributed by atoms with Crippen LogP contribution in [-0.2, 0) is 4.79 Å². The molecule has 2 aromatic carbocycles. The first-order valence-electron chi connectivity index (χ1n) is 6.36. The second kappa shape index (κ2) is 6.28. The van der Waals surface area contributed by atoms with Gasteiger partial charge in [0.05, 0.1) is 0 Å². The molecular weight excluding hydrogens is 260 g/mol. The van der Waals surface area contributed by atoms with Crippen molar-refractivity contribution >= 4 is 11.6 Å². The number of nitrogens with one attached hydrogen (secondary N) is 1. The molecule has 0 radical (unpaired) electrons. The Bertz CT molecular complexity index is 578. The molecule has 4 heteroatoms. The monoisotopic (exact) mass is 275 g/mol. The van der Waals surface area contributed by atoms with Crippen LogP contribution >= 0.6 is 0 Å². The standard InChI is InChI=1S/C16H15F2NO/c1-11(12-6-3-2-4-7-12)10-15(20)19-16-13(17)8-5-9-14(16)18/h2-9,11H,10H2,1H3,(H,19,20). The summed E-state index contributed by atoms with van der Waals surface area (Å²) < 4.78 is 26.8. The highest BCUT2D eigenvalue weighted by molar-refractivity contribution is 5.91. The van der Waals surface area contributed by atoms with E-state index in [-0.39, 0.29) is 12.3 Å². The van der Waals surface area contributed by atoms with Gasteiger partial charge < -0.3 is 5.32 Å². The van der Waals surface area contributed by atoms with Crippen molar-refractivity contribution in [3.05, 3.63) is 65.7 Å². The fourth-order valence-electron chi connectivity index (χ4n) is 1.99. The van der Waals surface area contributed by atoms with E-state index in [1.54, 1.807) is 0 Å². The lowest BCUT2D eigenvalue weighted by molar-refractivity contribution is -0.116. The van der Waals surface area contributed by atoms with E-state index < -0.39 is 23.2 Å². The zero-order valence-corrected chi connectivity index (χ0v) is 11.1. The molecule has 104 valence electrons. The van der Waals surface area contributed by atoms with Gasteiger partial charge in [-0.25, -0.2) is 8.78 Å². The third kappa shape index (κ3) is 3.41. The van der Waals surface area contributed by atoms with E-state index in [4.69, 9.17) is 0 Å². The highest BCUT2D eigenvalue weighted by Crippen LogP contribution is 2.22. The predicted octanol–water partition coefficient (Wildman–Crippen LogP) is 4.10. The molecule has 0 bridgehead atoms. The summed E-state index contributed by atoms with van der Waals surface area (Å²) in [7, 11) is 0. The Morgan fingerprint density at radius 2 is 1.65 bits per heavy atom.